The summed E-state index contributed by atoms with van der Waals surface area (Å²) in [7, 11) is 0. The van der Waals surface area contributed by atoms with Crippen molar-refractivity contribution < 1.29 is 0 Å². The lowest BCUT2D eigenvalue weighted by Crippen LogP contribution is -2.33. The highest BCUT2D eigenvalue weighted by Gasteiger charge is 2.27. The summed E-state index contributed by atoms with van der Waals surface area (Å²) in [5.41, 5.74) is 0.471. The van der Waals surface area contributed by atoms with E-state index in [0.29, 0.717) is 5.41 Å². The average molecular weight is 277 g/mol. The molecule has 1 saturated carbocycles. The van der Waals surface area contributed by atoms with E-state index < -0.39 is 0 Å². The highest BCUT2D eigenvalue weighted by molar-refractivity contribution is 7.99. The van der Waals surface area contributed by atoms with E-state index in [4.69, 9.17) is 0 Å². The summed E-state index contributed by atoms with van der Waals surface area (Å²) in [5.74, 6) is 1.23. The van der Waals surface area contributed by atoms with Gasteiger partial charge in [0.2, 0.25) is 0 Å². The van der Waals surface area contributed by atoms with Gasteiger partial charge in [0.05, 0.1) is 0 Å². The van der Waals surface area contributed by atoms with Gasteiger partial charge in [-0.3, -0.25) is 0 Å². The Kier molecular flexibility index (Phi) is 5.77. The number of nitrogens with one attached hydrogen (secondary N) is 1. The maximum atomic E-state index is 3.72. The fraction of sp³-hybridized carbons (Fsp3) is 0.647. The standard InChI is InChI=1S/C17H27NS/c1-3-11-17(2,14-18-15-9-10-15)12-13-19-16-7-5-4-6-8-16/h4-8,15,18H,3,9-14H2,1-2H3. The van der Waals surface area contributed by atoms with Crippen molar-refractivity contribution in [3.05, 3.63) is 30.3 Å². The minimum absolute atomic E-state index is 0.471. The van der Waals surface area contributed by atoms with Crippen molar-refractivity contribution in [3.63, 3.8) is 0 Å². The Balaban J connectivity index is 1.75. The predicted molar refractivity (Wildman–Crippen MR) is 85.8 cm³/mol. The molecule has 0 aromatic heterocycles. The van der Waals surface area contributed by atoms with Gasteiger partial charge < -0.3 is 5.32 Å². The topological polar surface area (TPSA) is 12.0 Å². The molecule has 2 rings (SSSR count). The van der Waals surface area contributed by atoms with Crippen LogP contribution in [0.2, 0.25) is 0 Å². The van der Waals surface area contributed by atoms with Gasteiger partial charge >= 0.3 is 0 Å². The van der Waals surface area contributed by atoms with Gasteiger partial charge in [0.1, 0.15) is 0 Å². The van der Waals surface area contributed by atoms with Gasteiger partial charge in [0.25, 0.3) is 0 Å². The van der Waals surface area contributed by atoms with E-state index in [0.717, 1.165) is 6.04 Å². The van der Waals surface area contributed by atoms with Crippen molar-refractivity contribution in [1.82, 2.24) is 5.32 Å². The summed E-state index contributed by atoms with van der Waals surface area (Å²) in [6.07, 6.45) is 6.71. The van der Waals surface area contributed by atoms with E-state index >= 15 is 0 Å². The predicted octanol–water partition coefficient (Wildman–Crippen LogP) is 4.73. The summed E-state index contributed by atoms with van der Waals surface area (Å²) in [6.45, 7) is 5.96. The zero-order chi connectivity index (χ0) is 13.6. The molecule has 0 bridgehead atoms. The molecule has 0 aliphatic heterocycles. The number of hydrogen-bond acceptors (Lipinski definition) is 2. The normalized spacial score (nSPS) is 18.2. The molecule has 0 heterocycles. The van der Waals surface area contributed by atoms with Crippen LogP contribution in [0.1, 0.15) is 46.0 Å². The second-order valence-electron chi connectivity index (χ2n) is 6.13. The second-order valence-corrected chi connectivity index (χ2v) is 7.30. The van der Waals surface area contributed by atoms with Gasteiger partial charge in [-0.1, -0.05) is 38.5 Å². The third kappa shape index (κ3) is 5.58. The van der Waals surface area contributed by atoms with Crippen molar-refractivity contribution in [2.24, 2.45) is 5.41 Å². The van der Waals surface area contributed by atoms with Gasteiger partial charge in [0.15, 0.2) is 0 Å². The van der Waals surface area contributed by atoms with E-state index in [1.165, 1.54) is 49.3 Å². The largest absolute Gasteiger partial charge is 0.313 e. The van der Waals surface area contributed by atoms with E-state index in [-0.39, 0.29) is 0 Å². The Morgan fingerprint density at radius 2 is 1.95 bits per heavy atom. The molecular weight excluding hydrogens is 250 g/mol. The number of thioether (sulfide) groups is 1. The summed E-state index contributed by atoms with van der Waals surface area (Å²) in [4.78, 5) is 1.40. The number of hydrogen-bond donors (Lipinski definition) is 1. The Morgan fingerprint density at radius 3 is 2.58 bits per heavy atom. The number of rotatable bonds is 9. The maximum absolute atomic E-state index is 3.72. The molecule has 1 atom stereocenters. The van der Waals surface area contributed by atoms with Gasteiger partial charge in [0, 0.05) is 17.5 Å². The molecule has 19 heavy (non-hydrogen) atoms. The van der Waals surface area contributed by atoms with Crippen molar-refractivity contribution in [2.75, 3.05) is 12.3 Å². The molecule has 1 aliphatic rings. The molecular formula is C17H27NS. The molecule has 0 amide bonds. The highest BCUT2D eigenvalue weighted by atomic mass is 32.2. The minimum Gasteiger partial charge on any atom is -0.313 e. The summed E-state index contributed by atoms with van der Waals surface area (Å²) in [6, 6.07) is 11.6. The van der Waals surface area contributed by atoms with Gasteiger partial charge in [-0.05, 0) is 49.0 Å². The summed E-state index contributed by atoms with van der Waals surface area (Å²) < 4.78 is 0. The zero-order valence-electron chi connectivity index (χ0n) is 12.3. The fourth-order valence-electron chi connectivity index (χ4n) is 2.52. The van der Waals surface area contributed by atoms with Gasteiger partial charge in [-0.15, -0.1) is 11.8 Å². The van der Waals surface area contributed by atoms with Crippen molar-refractivity contribution in [2.45, 2.75) is 56.9 Å². The molecule has 1 aromatic rings. The Bertz CT molecular complexity index is 361. The smallest absolute Gasteiger partial charge is 0.00719 e. The zero-order valence-corrected chi connectivity index (χ0v) is 13.1. The molecule has 0 spiro atoms. The van der Waals surface area contributed by atoms with E-state index in [1.54, 1.807) is 0 Å². The Morgan fingerprint density at radius 1 is 1.21 bits per heavy atom. The van der Waals surface area contributed by atoms with Crippen LogP contribution in [0.25, 0.3) is 0 Å². The van der Waals surface area contributed by atoms with Gasteiger partial charge in [-0.2, -0.15) is 0 Å². The molecule has 1 nitrogen and oxygen atoms in total. The van der Waals surface area contributed by atoms with Crippen LogP contribution in [0.4, 0.5) is 0 Å². The maximum Gasteiger partial charge on any atom is 0.00719 e. The van der Waals surface area contributed by atoms with E-state index in [9.17, 15) is 0 Å². The first-order valence-corrected chi connectivity index (χ1v) is 8.62. The lowest BCUT2D eigenvalue weighted by Gasteiger charge is -2.30. The molecule has 0 saturated heterocycles. The van der Waals surface area contributed by atoms with Crippen molar-refractivity contribution in [3.8, 4) is 0 Å². The van der Waals surface area contributed by atoms with Crippen molar-refractivity contribution >= 4 is 11.8 Å². The quantitative estimate of drug-likeness (QED) is 0.655. The third-order valence-corrected chi connectivity index (χ3v) is 4.98. The highest BCUT2D eigenvalue weighted by Crippen LogP contribution is 2.32. The van der Waals surface area contributed by atoms with Gasteiger partial charge in [-0.25, -0.2) is 0 Å². The van der Waals surface area contributed by atoms with Crippen LogP contribution in [-0.4, -0.2) is 18.3 Å². The SMILES string of the molecule is CCCC(C)(CCSc1ccccc1)CNC1CC1. The molecule has 1 fully saturated rings. The van der Waals surface area contributed by atoms with Crippen LogP contribution in [-0.2, 0) is 0 Å². The molecule has 1 N–H and O–H groups in total. The van der Waals surface area contributed by atoms with Crippen LogP contribution in [0.3, 0.4) is 0 Å². The third-order valence-electron chi connectivity index (χ3n) is 3.97. The minimum atomic E-state index is 0.471. The Labute approximate surface area is 122 Å². The first-order chi connectivity index (χ1) is 9.22. The van der Waals surface area contributed by atoms with Crippen molar-refractivity contribution in [1.29, 1.82) is 0 Å². The molecule has 1 unspecified atom stereocenters. The lowest BCUT2D eigenvalue weighted by atomic mass is 9.83. The van der Waals surface area contributed by atoms with Crippen LogP contribution in [0.5, 0.6) is 0 Å². The van der Waals surface area contributed by atoms with Crippen LogP contribution in [0, 0.1) is 5.41 Å². The molecule has 0 radical (unpaired) electrons. The number of benzene rings is 1. The van der Waals surface area contributed by atoms with E-state index in [1.807, 2.05) is 11.8 Å². The van der Waals surface area contributed by atoms with E-state index in [2.05, 4.69) is 49.5 Å². The first-order valence-electron chi connectivity index (χ1n) is 7.63. The molecule has 106 valence electrons. The summed E-state index contributed by atoms with van der Waals surface area (Å²) >= 11 is 2.00. The van der Waals surface area contributed by atoms with Crippen LogP contribution in [0.15, 0.2) is 35.2 Å². The fourth-order valence-corrected chi connectivity index (χ4v) is 3.70. The average Bonchev–Trinajstić information content (AvgIpc) is 3.22. The first kappa shape index (κ1) is 14.9. The van der Waals surface area contributed by atoms with Crippen LogP contribution < -0.4 is 5.32 Å². The monoisotopic (exact) mass is 277 g/mol. The molecule has 2 heteroatoms. The van der Waals surface area contributed by atoms with Crippen LogP contribution >= 0.6 is 11.8 Å². The summed E-state index contributed by atoms with van der Waals surface area (Å²) in [5, 5.41) is 3.72. The Hall–Kier alpha value is -0.470. The second kappa shape index (κ2) is 7.35. The molecule has 1 aromatic carbocycles. The molecule has 1 aliphatic carbocycles. The lowest BCUT2D eigenvalue weighted by molar-refractivity contribution is 0.268.